The van der Waals surface area contributed by atoms with Crippen LogP contribution in [0, 0.1) is 11.3 Å². The van der Waals surface area contributed by atoms with Gasteiger partial charge in [-0.05, 0) is 25.1 Å². The SMILES string of the molecule is CCOc1nc(Oc2ccccc2C#N)ccc1N. The summed E-state index contributed by atoms with van der Waals surface area (Å²) < 4.78 is 10.9. The molecular weight excluding hydrogens is 242 g/mol. The first-order chi connectivity index (χ1) is 9.24. The first-order valence-corrected chi connectivity index (χ1v) is 5.81. The van der Waals surface area contributed by atoms with Gasteiger partial charge in [-0.1, -0.05) is 12.1 Å². The molecule has 0 atom stereocenters. The molecule has 0 radical (unpaired) electrons. The third kappa shape index (κ3) is 2.93. The summed E-state index contributed by atoms with van der Waals surface area (Å²) in [4.78, 5) is 4.15. The zero-order chi connectivity index (χ0) is 13.7. The van der Waals surface area contributed by atoms with Crippen molar-refractivity contribution in [3.8, 4) is 23.6 Å². The first kappa shape index (κ1) is 12.7. The Bertz CT molecular complexity index is 620. The van der Waals surface area contributed by atoms with Crippen molar-refractivity contribution in [1.29, 1.82) is 5.26 Å². The molecule has 0 spiro atoms. The van der Waals surface area contributed by atoms with Crippen molar-refractivity contribution in [2.75, 3.05) is 12.3 Å². The number of pyridine rings is 1. The second kappa shape index (κ2) is 5.74. The Morgan fingerprint density at radius 1 is 1.26 bits per heavy atom. The van der Waals surface area contributed by atoms with Gasteiger partial charge in [0.15, 0.2) is 0 Å². The average molecular weight is 255 g/mol. The van der Waals surface area contributed by atoms with Crippen LogP contribution in [0.3, 0.4) is 0 Å². The van der Waals surface area contributed by atoms with Crippen molar-refractivity contribution in [2.45, 2.75) is 6.92 Å². The molecule has 96 valence electrons. The smallest absolute Gasteiger partial charge is 0.240 e. The molecule has 0 saturated carbocycles. The van der Waals surface area contributed by atoms with Crippen LogP contribution in [0.15, 0.2) is 36.4 Å². The van der Waals surface area contributed by atoms with Crippen molar-refractivity contribution in [3.05, 3.63) is 42.0 Å². The highest BCUT2D eigenvalue weighted by Crippen LogP contribution is 2.27. The molecule has 2 aromatic rings. The number of nitrogen functional groups attached to an aromatic ring is 1. The van der Waals surface area contributed by atoms with Gasteiger partial charge in [0.1, 0.15) is 11.8 Å². The minimum atomic E-state index is 0.328. The van der Waals surface area contributed by atoms with Crippen molar-refractivity contribution < 1.29 is 9.47 Å². The number of nitriles is 1. The van der Waals surface area contributed by atoms with Crippen LogP contribution in [-0.2, 0) is 0 Å². The van der Waals surface area contributed by atoms with Crippen LogP contribution in [0.4, 0.5) is 5.69 Å². The van der Waals surface area contributed by atoms with Gasteiger partial charge in [0.05, 0.1) is 17.9 Å². The quantitative estimate of drug-likeness (QED) is 0.908. The zero-order valence-electron chi connectivity index (χ0n) is 10.5. The largest absolute Gasteiger partial charge is 0.476 e. The van der Waals surface area contributed by atoms with E-state index >= 15 is 0 Å². The lowest BCUT2D eigenvalue weighted by Gasteiger charge is -2.09. The van der Waals surface area contributed by atoms with Crippen molar-refractivity contribution in [2.24, 2.45) is 0 Å². The number of nitrogens with zero attached hydrogens (tertiary/aromatic N) is 2. The van der Waals surface area contributed by atoms with Gasteiger partial charge in [-0.3, -0.25) is 0 Å². The molecule has 0 bridgehead atoms. The normalized spacial score (nSPS) is 9.68. The number of benzene rings is 1. The third-order valence-corrected chi connectivity index (χ3v) is 2.37. The van der Waals surface area contributed by atoms with Gasteiger partial charge >= 0.3 is 0 Å². The Labute approximate surface area is 111 Å². The second-order valence-electron chi connectivity index (χ2n) is 3.69. The summed E-state index contributed by atoms with van der Waals surface area (Å²) in [5.74, 6) is 1.11. The van der Waals surface area contributed by atoms with E-state index in [0.717, 1.165) is 0 Å². The number of hydrogen-bond donors (Lipinski definition) is 1. The van der Waals surface area contributed by atoms with Crippen LogP contribution in [0.2, 0.25) is 0 Å². The molecule has 0 aliphatic heterocycles. The molecule has 0 fully saturated rings. The second-order valence-corrected chi connectivity index (χ2v) is 3.69. The Balaban J connectivity index is 2.29. The molecule has 0 amide bonds. The van der Waals surface area contributed by atoms with Crippen LogP contribution >= 0.6 is 0 Å². The molecule has 1 heterocycles. The van der Waals surface area contributed by atoms with Gasteiger partial charge in [0.25, 0.3) is 0 Å². The molecule has 1 aromatic carbocycles. The van der Waals surface area contributed by atoms with Gasteiger partial charge in [0.2, 0.25) is 11.8 Å². The summed E-state index contributed by atoms with van der Waals surface area (Å²) in [7, 11) is 0. The molecule has 5 nitrogen and oxygen atoms in total. The monoisotopic (exact) mass is 255 g/mol. The van der Waals surface area contributed by atoms with E-state index in [2.05, 4.69) is 11.1 Å². The molecule has 1 aromatic heterocycles. The molecule has 19 heavy (non-hydrogen) atoms. The highest BCUT2D eigenvalue weighted by molar-refractivity contribution is 5.50. The van der Waals surface area contributed by atoms with E-state index in [1.54, 1.807) is 36.4 Å². The summed E-state index contributed by atoms with van der Waals surface area (Å²) in [5, 5.41) is 8.98. The highest BCUT2D eigenvalue weighted by atomic mass is 16.5. The Hall–Kier alpha value is -2.74. The van der Waals surface area contributed by atoms with E-state index in [0.29, 0.717) is 35.4 Å². The number of nitrogens with two attached hydrogens (primary N) is 1. The van der Waals surface area contributed by atoms with Crippen molar-refractivity contribution in [3.63, 3.8) is 0 Å². The van der Waals surface area contributed by atoms with E-state index in [-0.39, 0.29) is 0 Å². The fraction of sp³-hybridized carbons (Fsp3) is 0.143. The lowest BCUT2D eigenvalue weighted by molar-refractivity contribution is 0.323. The minimum absolute atomic E-state index is 0.328. The van der Waals surface area contributed by atoms with Crippen LogP contribution in [0.1, 0.15) is 12.5 Å². The van der Waals surface area contributed by atoms with Crippen molar-refractivity contribution in [1.82, 2.24) is 4.98 Å². The van der Waals surface area contributed by atoms with Gasteiger partial charge in [0, 0.05) is 6.07 Å². The predicted molar refractivity (Wildman–Crippen MR) is 71.0 cm³/mol. The third-order valence-electron chi connectivity index (χ3n) is 2.37. The average Bonchev–Trinajstić information content (AvgIpc) is 2.43. The van der Waals surface area contributed by atoms with E-state index in [1.165, 1.54) is 0 Å². The van der Waals surface area contributed by atoms with Crippen LogP contribution < -0.4 is 15.2 Å². The maximum absolute atomic E-state index is 8.98. The number of ether oxygens (including phenoxy) is 2. The van der Waals surface area contributed by atoms with Crippen molar-refractivity contribution >= 4 is 5.69 Å². The maximum atomic E-state index is 8.98. The molecule has 0 aliphatic carbocycles. The summed E-state index contributed by atoms with van der Waals surface area (Å²) in [6.07, 6.45) is 0. The van der Waals surface area contributed by atoms with E-state index < -0.39 is 0 Å². The van der Waals surface area contributed by atoms with Crippen LogP contribution in [0.25, 0.3) is 0 Å². The summed E-state index contributed by atoms with van der Waals surface area (Å²) >= 11 is 0. The Kier molecular flexibility index (Phi) is 3.84. The summed E-state index contributed by atoms with van der Waals surface area (Å²) in [5.41, 5.74) is 6.62. The van der Waals surface area contributed by atoms with E-state index in [9.17, 15) is 0 Å². The molecule has 5 heteroatoms. The first-order valence-electron chi connectivity index (χ1n) is 5.81. The zero-order valence-corrected chi connectivity index (χ0v) is 10.5. The van der Waals surface area contributed by atoms with E-state index in [1.807, 2.05) is 6.92 Å². The molecule has 2 N–H and O–H groups in total. The standard InChI is InChI=1S/C14H13N3O2/c1-2-18-14-11(16)7-8-13(17-14)19-12-6-4-3-5-10(12)9-15/h3-8H,2,16H2,1H3. The molecule has 0 unspecified atom stereocenters. The Morgan fingerprint density at radius 2 is 2.05 bits per heavy atom. The number of anilines is 1. The molecule has 0 saturated heterocycles. The summed E-state index contributed by atoms with van der Waals surface area (Å²) in [6.45, 7) is 2.31. The lowest BCUT2D eigenvalue weighted by atomic mass is 10.2. The number of rotatable bonds is 4. The predicted octanol–water partition coefficient (Wildman–Crippen LogP) is 2.73. The van der Waals surface area contributed by atoms with Gasteiger partial charge in [-0.15, -0.1) is 0 Å². The van der Waals surface area contributed by atoms with Gasteiger partial charge in [-0.2, -0.15) is 10.2 Å². The number of para-hydroxylation sites is 1. The van der Waals surface area contributed by atoms with Gasteiger partial charge in [-0.25, -0.2) is 0 Å². The number of aromatic nitrogens is 1. The topological polar surface area (TPSA) is 81.2 Å². The minimum Gasteiger partial charge on any atom is -0.476 e. The highest BCUT2D eigenvalue weighted by Gasteiger charge is 2.08. The maximum Gasteiger partial charge on any atom is 0.240 e. The number of hydrogen-bond acceptors (Lipinski definition) is 5. The lowest BCUT2D eigenvalue weighted by Crippen LogP contribution is -2.00. The van der Waals surface area contributed by atoms with Gasteiger partial charge < -0.3 is 15.2 Å². The molecular formula is C14H13N3O2. The fourth-order valence-electron chi connectivity index (χ4n) is 1.50. The van der Waals surface area contributed by atoms with Crippen LogP contribution in [-0.4, -0.2) is 11.6 Å². The molecule has 0 aliphatic rings. The molecule has 2 rings (SSSR count). The fourth-order valence-corrected chi connectivity index (χ4v) is 1.50. The summed E-state index contributed by atoms with van der Waals surface area (Å²) in [6, 6.07) is 12.3. The Morgan fingerprint density at radius 3 is 2.79 bits per heavy atom. The van der Waals surface area contributed by atoms with E-state index in [4.69, 9.17) is 20.5 Å². The van der Waals surface area contributed by atoms with Crippen LogP contribution in [0.5, 0.6) is 17.5 Å².